The molecule has 1 aromatic carbocycles. The molecule has 1 aliphatic carbocycles. The van der Waals surface area contributed by atoms with Gasteiger partial charge in [0.05, 0.1) is 5.60 Å². The molecule has 2 N–H and O–H groups in total. The van der Waals surface area contributed by atoms with E-state index in [0.29, 0.717) is 19.3 Å². The lowest BCUT2D eigenvalue weighted by atomic mass is 9.68. The predicted molar refractivity (Wildman–Crippen MR) is 62.3 cm³/mol. The molecule has 1 unspecified atom stereocenters. The molecule has 1 aliphatic rings. The Kier molecular flexibility index (Phi) is 3.64. The van der Waals surface area contributed by atoms with Gasteiger partial charge >= 0.3 is 12.3 Å². The number of hydrogen-bond donors (Lipinski definition) is 2. The second kappa shape index (κ2) is 4.97. The molecule has 0 saturated heterocycles. The summed E-state index contributed by atoms with van der Waals surface area (Å²) in [7, 11) is 0. The molecule has 0 amide bonds. The summed E-state index contributed by atoms with van der Waals surface area (Å²) in [6, 6.07) is 4.73. The van der Waals surface area contributed by atoms with E-state index in [1.54, 1.807) is 0 Å². The number of benzene rings is 1. The molecule has 1 atom stereocenters. The van der Waals surface area contributed by atoms with Gasteiger partial charge < -0.3 is 14.9 Å². The lowest BCUT2D eigenvalue weighted by Gasteiger charge is -2.41. The van der Waals surface area contributed by atoms with Crippen LogP contribution < -0.4 is 4.74 Å². The molecule has 2 rings (SSSR count). The maximum atomic E-state index is 12.2. The molecule has 0 spiro atoms. The van der Waals surface area contributed by atoms with Gasteiger partial charge in [0, 0.05) is 0 Å². The molecule has 4 nitrogen and oxygen atoms in total. The topological polar surface area (TPSA) is 66.8 Å². The number of aliphatic carboxylic acids is 1. The van der Waals surface area contributed by atoms with Crippen LogP contribution in [0.5, 0.6) is 5.75 Å². The van der Waals surface area contributed by atoms with Gasteiger partial charge in [0.2, 0.25) is 0 Å². The van der Waals surface area contributed by atoms with E-state index in [0.717, 1.165) is 12.1 Å². The third-order valence-corrected chi connectivity index (χ3v) is 3.43. The summed E-state index contributed by atoms with van der Waals surface area (Å²) in [6.07, 6.45) is -3.52. The van der Waals surface area contributed by atoms with Crippen LogP contribution in [-0.2, 0) is 4.79 Å². The maximum absolute atomic E-state index is 12.2. The van der Waals surface area contributed by atoms with Crippen LogP contribution in [0.25, 0.3) is 0 Å². The number of carboxylic acids is 1. The van der Waals surface area contributed by atoms with Crippen LogP contribution in [0.4, 0.5) is 13.2 Å². The van der Waals surface area contributed by atoms with Crippen molar-refractivity contribution in [2.45, 2.75) is 37.1 Å². The van der Waals surface area contributed by atoms with Crippen LogP contribution in [-0.4, -0.2) is 28.1 Å². The van der Waals surface area contributed by atoms with Crippen molar-refractivity contribution >= 4 is 5.97 Å². The second-order valence-electron chi connectivity index (χ2n) is 4.85. The fraction of sp³-hybridized carbons (Fsp3) is 0.462. The number of halogens is 3. The van der Waals surface area contributed by atoms with Gasteiger partial charge in [0.25, 0.3) is 0 Å². The van der Waals surface area contributed by atoms with Crippen LogP contribution >= 0.6 is 0 Å². The highest BCUT2D eigenvalue weighted by atomic mass is 19.4. The third-order valence-electron chi connectivity index (χ3n) is 3.43. The van der Waals surface area contributed by atoms with Crippen LogP contribution in [0.15, 0.2) is 24.3 Å². The van der Waals surface area contributed by atoms with Crippen LogP contribution in [0, 0.1) is 0 Å². The lowest BCUT2D eigenvalue weighted by molar-refractivity contribution is -0.274. The Balaban J connectivity index is 2.30. The first-order chi connectivity index (χ1) is 9.21. The highest BCUT2D eigenvalue weighted by Crippen LogP contribution is 2.44. The standard InChI is InChI=1S/C13H13F3O4/c14-13(15,16)20-9-4-1-3-8(7-9)10(11(17)18)12(19)5-2-6-12/h1,3-4,7,10,19H,2,5-6H2,(H,17,18). The average molecular weight is 290 g/mol. The van der Waals surface area contributed by atoms with E-state index < -0.39 is 29.6 Å². The van der Waals surface area contributed by atoms with Crippen molar-refractivity contribution in [3.8, 4) is 5.75 Å². The van der Waals surface area contributed by atoms with Gasteiger partial charge in [0.15, 0.2) is 0 Å². The number of hydrogen-bond acceptors (Lipinski definition) is 3. The number of rotatable bonds is 4. The molecule has 1 saturated carbocycles. The van der Waals surface area contributed by atoms with E-state index in [-0.39, 0.29) is 5.56 Å². The Morgan fingerprint density at radius 2 is 2.00 bits per heavy atom. The monoisotopic (exact) mass is 290 g/mol. The molecule has 0 aromatic heterocycles. The van der Waals surface area contributed by atoms with Gasteiger partial charge in [-0.25, -0.2) is 0 Å². The van der Waals surface area contributed by atoms with Crippen LogP contribution in [0.2, 0.25) is 0 Å². The summed E-state index contributed by atoms with van der Waals surface area (Å²) >= 11 is 0. The third kappa shape index (κ3) is 3.04. The molecule has 0 aliphatic heterocycles. The summed E-state index contributed by atoms with van der Waals surface area (Å²) in [5.74, 6) is -3.02. The molecule has 0 heterocycles. The predicted octanol–water partition coefficient (Wildman–Crippen LogP) is 2.67. The Morgan fingerprint density at radius 1 is 1.35 bits per heavy atom. The van der Waals surface area contributed by atoms with Gasteiger partial charge in [-0.2, -0.15) is 0 Å². The quantitative estimate of drug-likeness (QED) is 0.894. The smallest absolute Gasteiger partial charge is 0.481 e. The molecular weight excluding hydrogens is 277 g/mol. The summed E-state index contributed by atoms with van der Waals surface area (Å²) in [4.78, 5) is 11.3. The largest absolute Gasteiger partial charge is 0.573 e. The fourth-order valence-electron chi connectivity index (χ4n) is 2.40. The SMILES string of the molecule is O=C(O)C(c1cccc(OC(F)(F)F)c1)C1(O)CCC1. The first-order valence-electron chi connectivity index (χ1n) is 6.02. The van der Waals surface area contributed by atoms with Crippen molar-refractivity contribution in [1.29, 1.82) is 0 Å². The normalized spacial score (nSPS) is 19.0. The second-order valence-corrected chi connectivity index (χ2v) is 4.85. The van der Waals surface area contributed by atoms with Crippen molar-refractivity contribution in [3.05, 3.63) is 29.8 Å². The maximum Gasteiger partial charge on any atom is 0.573 e. The highest BCUT2D eigenvalue weighted by Gasteiger charge is 2.47. The number of carbonyl (C=O) groups is 1. The number of carboxylic acid groups (broad SMARTS) is 1. The Hall–Kier alpha value is -1.76. The van der Waals surface area contributed by atoms with Crippen molar-refractivity contribution in [3.63, 3.8) is 0 Å². The van der Waals surface area contributed by atoms with Gasteiger partial charge in [0.1, 0.15) is 11.7 Å². The highest BCUT2D eigenvalue weighted by molar-refractivity contribution is 5.78. The van der Waals surface area contributed by atoms with E-state index >= 15 is 0 Å². The molecule has 7 heteroatoms. The average Bonchev–Trinajstić information content (AvgIpc) is 2.24. The van der Waals surface area contributed by atoms with E-state index in [4.69, 9.17) is 0 Å². The van der Waals surface area contributed by atoms with E-state index in [9.17, 15) is 28.2 Å². The first kappa shape index (κ1) is 14.6. The zero-order valence-corrected chi connectivity index (χ0v) is 10.4. The molecule has 1 fully saturated rings. The molecule has 0 bridgehead atoms. The van der Waals surface area contributed by atoms with Crippen molar-refractivity contribution < 1.29 is 32.9 Å². The summed E-state index contributed by atoms with van der Waals surface area (Å²) in [6.45, 7) is 0. The number of aliphatic hydroxyl groups is 1. The van der Waals surface area contributed by atoms with Crippen molar-refractivity contribution in [2.75, 3.05) is 0 Å². The Labute approximate surface area is 112 Å². The van der Waals surface area contributed by atoms with Gasteiger partial charge in [-0.1, -0.05) is 12.1 Å². The van der Waals surface area contributed by atoms with Gasteiger partial charge in [-0.05, 0) is 37.0 Å². The molecule has 1 aromatic rings. The van der Waals surface area contributed by atoms with Gasteiger partial charge in [-0.15, -0.1) is 13.2 Å². The first-order valence-corrected chi connectivity index (χ1v) is 6.02. The van der Waals surface area contributed by atoms with Crippen molar-refractivity contribution in [1.82, 2.24) is 0 Å². The number of ether oxygens (including phenoxy) is 1. The molecule has 110 valence electrons. The minimum absolute atomic E-state index is 0.0986. The summed E-state index contributed by atoms with van der Waals surface area (Å²) in [5, 5.41) is 19.4. The van der Waals surface area contributed by atoms with Gasteiger partial charge in [-0.3, -0.25) is 4.79 Å². The zero-order chi connectivity index (χ0) is 15.0. The van der Waals surface area contributed by atoms with Crippen LogP contribution in [0.3, 0.4) is 0 Å². The Bertz CT molecular complexity index is 509. The van der Waals surface area contributed by atoms with E-state index in [1.165, 1.54) is 12.1 Å². The summed E-state index contributed by atoms with van der Waals surface area (Å²) in [5.41, 5.74) is -1.30. The molecule has 20 heavy (non-hydrogen) atoms. The molecule has 0 radical (unpaired) electrons. The van der Waals surface area contributed by atoms with Crippen LogP contribution in [0.1, 0.15) is 30.7 Å². The van der Waals surface area contributed by atoms with E-state index in [1.807, 2.05) is 0 Å². The minimum atomic E-state index is -4.84. The fourth-order valence-corrected chi connectivity index (χ4v) is 2.40. The molecular formula is C13H13F3O4. The zero-order valence-electron chi connectivity index (χ0n) is 10.4. The lowest BCUT2D eigenvalue weighted by Crippen LogP contribution is -2.46. The van der Waals surface area contributed by atoms with Crippen molar-refractivity contribution in [2.24, 2.45) is 0 Å². The summed E-state index contributed by atoms with van der Waals surface area (Å²) < 4.78 is 40.2. The Morgan fingerprint density at radius 3 is 2.45 bits per heavy atom. The van der Waals surface area contributed by atoms with E-state index in [2.05, 4.69) is 4.74 Å². The minimum Gasteiger partial charge on any atom is -0.481 e. The number of alkyl halides is 3.